The molecule has 0 bridgehead atoms. The van der Waals surface area contributed by atoms with Crippen molar-refractivity contribution in [1.29, 1.82) is 5.41 Å². The lowest BCUT2D eigenvalue weighted by Gasteiger charge is -2.31. The summed E-state index contributed by atoms with van der Waals surface area (Å²) in [7, 11) is -4.88. The van der Waals surface area contributed by atoms with Crippen LogP contribution >= 0.6 is 23.2 Å². The number of carbonyl (C=O) groups excluding carboxylic acids is 1. The quantitative estimate of drug-likeness (QED) is 0.372. The van der Waals surface area contributed by atoms with Gasteiger partial charge in [0.25, 0.3) is 10.1 Å². The maximum absolute atomic E-state index is 11.6. The largest absolute Gasteiger partial charge is 0.859 e. The topological polar surface area (TPSA) is 148 Å². The first-order valence-corrected chi connectivity index (χ1v) is 8.92. The summed E-state index contributed by atoms with van der Waals surface area (Å²) in [6.07, 6.45) is 2.09. The monoisotopic (exact) mass is 404 g/mol. The number of primary amides is 1. The maximum atomic E-state index is 11.6. The van der Waals surface area contributed by atoms with Gasteiger partial charge in [-0.1, -0.05) is 29.3 Å². The molecule has 8 nitrogen and oxygen atoms in total. The van der Waals surface area contributed by atoms with Crippen LogP contribution in [0.4, 0.5) is 0 Å². The molecule has 0 aliphatic carbocycles. The van der Waals surface area contributed by atoms with Gasteiger partial charge in [0.05, 0.1) is 5.57 Å². The first-order valence-electron chi connectivity index (χ1n) is 6.66. The van der Waals surface area contributed by atoms with E-state index in [0.29, 0.717) is 15.6 Å². The van der Waals surface area contributed by atoms with Gasteiger partial charge in [-0.3, -0.25) is 9.35 Å². The van der Waals surface area contributed by atoms with Gasteiger partial charge in [0, 0.05) is 40.1 Å². The molecule has 2 rings (SSSR count). The Kier molecular flexibility index (Phi) is 5.43. The molecule has 1 heterocycles. The maximum Gasteiger partial charge on any atom is 0.276 e. The van der Waals surface area contributed by atoms with E-state index in [9.17, 15) is 22.9 Å². The Bertz CT molecular complexity index is 859. The van der Waals surface area contributed by atoms with Gasteiger partial charge < -0.3 is 21.1 Å². The van der Waals surface area contributed by atoms with Gasteiger partial charge in [0.15, 0.2) is 0 Å². The highest BCUT2D eigenvalue weighted by molar-refractivity contribution is 7.87. The third kappa shape index (κ3) is 4.13. The van der Waals surface area contributed by atoms with E-state index in [0.717, 1.165) is 12.4 Å². The number of hydrogen-bond donors (Lipinski definition) is 3. The second-order valence-corrected chi connectivity index (χ2v) is 7.45. The van der Waals surface area contributed by atoms with E-state index in [1.54, 1.807) is 18.2 Å². The number of benzene rings is 1. The van der Waals surface area contributed by atoms with E-state index in [2.05, 4.69) is 0 Å². The lowest BCUT2D eigenvalue weighted by atomic mass is 10.0. The number of nitrogens with two attached hydrogens (primary N) is 1. The standard InChI is InChI=1S/C14H13Cl2N3O5S/c15-10-2-1-3-11(16)7(10)4-19-5-8(13(17)20)12(25(22,23)24)9(6-19)14(18)21/h1-3,5-6,12H,4H2,(H2,17,20)(H2,18,21)(H,22,23,24)/p-1. The second-order valence-electron chi connectivity index (χ2n) is 5.13. The van der Waals surface area contributed by atoms with Crippen molar-refractivity contribution in [1.82, 2.24) is 4.90 Å². The summed E-state index contributed by atoms with van der Waals surface area (Å²) in [6, 6.07) is 4.78. The van der Waals surface area contributed by atoms with E-state index in [-0.39, 0.29) is 6.54 Å². The van der Waals surface area contributed by atoms with Crippen LogP contribution in [-0.4, -0.2) is 34.9 Å². The molecular weight excluding hydrogens is 393 g/mol. The minimum atomic E-state index is -4.88. The zero-order chi connectivity index (χ0) is 18.9. The van der Waals surface area contributed by atoms with Gasteiger partial charge in [-0.15, -0.1) is 0 Å². The van der Waals surface area contributed by atoms with Gasteiger partial charge in [-0.2, -0.15) is 8.42 Å². The fourth-order valence-electron chi connectivity index (χ4n) is 2.35. The van der Waals surface area contributed by atoms with E-state index >= 15 is 0 Å². The lowest BCUT2D eigenvalue weighted by molar-refractivity contribution is -0.215. The zero-order valence-corrected chi connectivity index (χ0v) is 14.8. The number of nitrogens with one attached hydrogen (secondary N) is 1. The van der Waals surface area contributed by atoms with Crippen LogP contribution in [0.2, 0.25) is 10.0 Å². The van der Waals surface area contributed by atoms with Crippen LogP contribution in [0, 0.1) is 5.41 Å². The molecule has 1 aliphatic heterocycles. The summed E-state index contributed by atoms with van der Waals surface area (Å²) in [6.45, 7) is -0.0235. The number of carbonyl (C=O) groups is 1. The molecule has 0 radical (unpaired) electrons. The Morgan fingerprint density at radius 3 is 2.24 bits per heavy atom. The Labute approximate surface area is 153 Å². The van der Waals surface area contributed by atoms with Crippen LogP contribution in [0.25, 0.3) is 0 Å². The highest BCUT2D eigenvalue weighted by Crippen LogP contribution is 2.30. The summed E-state index contributed by atoms with van der Waals surface area (Å²) in [5.74, 6) is -2.55. The minimum absolute atomic E-state index is 0.0235. The van der Waals surface area contributed by atoms with Crippen molar-refractivity contribution in [2.24, 2.45) is 5.73 Å². The fraction of sp³-hybridized carbons (Fsp3) is 0.143. The smallest absolute Gasteiger partial charge is 0.276 e. The summed E-state index contributed by atoms with van der Waals surface area (Å²) in [5.41, 5.74) is 4.44. The summed E-state index contributed by atoms with van der Waals surface area (Å²) in [4.78, 5) is 12.9. The SMILES string of the molecule is N=C([O-])C1=CN(Cc2c(Cl)cccc2Cl)C=C(C(N)=O)C1S(=O)(=O)O. The number of rotatable bonds is 5. The molecule has 11 heteroatoms. The molecule has 4 N–H and O–H groups in total. The van der Waals surface area contributed by atoms with E-state index in [1.807, 2.05) is 0 Å². The predicted molar refractivity (Wildman–Crippen MR) is 90.4 cm³/mol. The summed E-state index contributed by atoms with van der Waals surface area (Å²) >= 11 is 12.1. The van der Waals surface area contributed by atoms with Crippen molar-refractivity contribution in [3.63, 3.8) is 0 Å². The highest BCUT2D eigenvalue weighted by atomic mass is 35.5. The number of halogens is 2. The second kappa shape index (κ2) is 7.04. The number of amides is 1. The van der Waals surface area contributed by atoms with Crippen LogP contribution in [0.15, 0.2) is 41.7 Å². The molecule has 134 valence electrons. The van der Waals surface area contributed by atoms with Crippen LogP contribution < -0.4 is 10.8 Å². The molecule has 1 aromatic carbocycles. The zero-order valence-electron chi connectivity index (χ0n) is 12.4. The molecular formula is C14H12Cl2N3O5S-. The fourth-order valence-corrected chi connectivity index (χ4v) is 3.85. The van der Waals surface area contributed by atoms with E-state index < -0.39 is 38.3 Å². The molecule has 0 saturated heterocycles. The van der Waals surface area contributed by atoms with Gasteiger partial charge in [0.2, 0.25) is 5.91 Å². The average molecular weight is 405 g/mol. The molecule has 1 aliphatic rings. The lowest BCUT2D eigenvalue weighted by Crippen LogP contribution is -2.41. The molecule has 1 aromatic rings. The Morgan fingerprint density at radius 2 is 1.80 bits per heavy atom. The van der Waals surface area contributed by atoms with Crippen molar-refractivity contribution in [2.75, 3.05) is 0 Å². The van der Waals surface area contributed by atoms with Gasteiger partial charge in [-0.25, -0.2) is 0 Å². The molecule has 1 atom stereocenters. The van der Waals surface area contributed by atoms with Crippen LogP contribution in [-0.2, 0) is 21.5 Å². The normalized spacial score (nSPS) is 17.7. The van der Waals surface area contributed by atoms with Crippen molar-refractivity contribution >= 4 is 45.1 Å². The van der Waals surface area contributed by atoms with Crippen molar-refractivity contribution in [3.8, 4) is 0 Å². The van der Waals surface area contributed by atoms with Gasteiger partial charge in [0.1, 0.15) is 5.25 Å². The van der Waals surface area contributed by atoms with Gasteiger partial charge >= 0.3 is 0 Å². The van der Waals surface area contributed by atoms with Gasteiger partial charge in [-0.05, 0) is 18.0 Å². The summed E-state index contributed by atoms with van der Waals surface area (Å²) < 4.78 is 32.4. The highest BCUT2D eigenvalue weighted by Gasteiger charge is 2.37. The number of hydrogen-bond acceptors (Lipinski definition) is 6. The average Bonchev–Trinajstić information content (AvgIpc) is 2.49. The molecule has 1 unspecified atom stereocenters. The first kappa shape index (κ1) is 19.3. The first-order chi connectivity index (χ1) is 11.5. The van der Waals surface area contributed by atoms with Crippen molar-refractivity contribution in [3.05, 3.63) is 57.4 Å². The van der Waals surface area contributed by atoms with Crippen LogP contribution in [0.3, 0.4) is 0 Å². The third-order valence-corrected chi connectivity index (χ3v) is 5.23. The third-order valence-electron chi connectivity index (χ3n) is 3.42. The predicted octanol–water partition coefficient (Wildman–Crippen LogP) is 0.656. The molecule has 0 spiro atoms. The molecule has 25 heavy (non-hydrogen) atoms. The van der Waals surface area contributed by atoms with E-state index in [4.69, 9.17) is 34.3 Å². The Morgan fingerprint density at radius 1 is 1.28 bits per heavy atom. The summed E-state index contributed by atoms with van der Waals surface area (Å²) in [5, 5.41) is 17.3. The molecule has 1 amide bonds. The van der Waals surface area contributed by atoms with Crippen LogP contribution in [0.1, 0.15) is 5.56 Å². The van der Waals surface area contributed by atoms with Crippen molar-refractivity contribution < 1.29 is 22.9 Å². The van der Waals surface area contributed by atoms with E-state index in [1.165, 1.54) is 4.90 Å². The number of nitrogens with zero attached hydrogens (tertiary/aromatic N) is 1. The Balaban J connectivity index is 2.55. The Hall–Kier alpha value is -2.07. The molecule has 0 saturated carbocycles. The minimum Gasteiger partial charge on any atom is -0.859 e. The molecule has 0 fully saturated rings. The van der Waals surface area contributed by atoms with Crippen molar-refractivity contribution in [2.45, 2.75) is 11.8 Å². The molecule has 0 aromatic heterocycles. The van der Waals surface area contributed by atoms with Crippen LogP contribution in [0.5, 0.6) is 0 Å².